The van der Waals surface area contributed by atoms with E-state index < -0.39 is 23.7 Å². The summed E-state index contributed by atoms with van der Waals surface area (Å²) in [6.45, 7) is 4.82. The molecule has 0 aliphatic heterocycles. The van der Waals surface area contributed by atoms with Gasteiger partial charge in [0.1, 0.15) is 17.4 Å². The number of hydrogen-bond acceptors (Lipinski definition) is 6. The molecule has 1 atom stereocenters. The maximum absolute atomic E-state index is 11.8. The number of hydrogen-bond donors (Lipinski definition) is 3. The van der Waals surface area contributed by atoms with Gasteiger partial charge in [0.25, 0.3) is 0 Å². The molecular weight excluding hydrogens is 302 g/mol. The summed E-state index contributed by atoms with van der Waals surface area (Å²) in [6.07, 6.45) is -0.590. The maximum atomic E-state index is 11.8. The van der Waals surface area contributed by atoms with Crippen LogP contribution in [-0.2, 0) is 27.3 Å². The molecule has 1 amide bonds. The minimum atomic E-state index is -0.939. The van der Waals surface area contributed by atoms with E-state index in [0.717, 1.165) is 0 Å². The number of aliphatic hydroxyl groups is 1. The van der Waals surface area contributed by atoms with Gasteiger partial charge in [-0.3, -0.25) is 0 Å². The van der Waals surface area contributed by atoms with Crippen LogP contribution in [-0.4, -0.2) is 41.0 Å². The lowest BCUT2D eigenvalue weighted by Gasteiger charge is -2.22. The van der Waals surface area contributed by atoms with Crippen LogP contribution >= 0.6 is 0 Å². The lowest BCUT2D eigenvalue weighted by Crippen LogP contribution is -2.45. The highest BCUT2D eigenvalue weighted by molar-refractivity contribution is 5.81. The fraction of sp³-hybridized carbons (Fsp3) is 0.500. The van der Waals surface area contributed by atoms with Gasteiger partial charge in [0, 0.05) is 12.0 Å². The van der Waals surface area contributed by atoms with Gasteiger partial charge in [0.15, 0.2) is 0 Å². The van der Waals surface area contributed by atoms with Crippen molar-refractivity contribution >= 4 is 12.1 Å². The number of nitrogens with one attached hydrogen (secondary N) is 1. The molecule has 0 heterocycles. The Labute approximate surface area is 135 Å². The third-order valence-electron chi connectivity index (χ3n) is 2.93. The van der Waals surface area contributed by atoms with E-state index in [0.29, 0.717) is 11.1 Å². The molecule has 0 aliphatic rings. The maximum Gasteiger partial charge on any atom is 0.408 e. The molecule has 0 bridgehead atoms. The Morgan fingerprint density at radius 1 is 1.30 bits per heavy atom. The second kappa shape index (κ2) is 7.82. The monoisotopic (exact) mass is 325 g/mol. The van der Waals surface area contributed by atoms with Crippen LogP contribution in [0, 0.1) is 0 Å². The van der Waals surface area contributed by atoms with Gasteiger partial charge in [-0.05, 0) is 38.5 Å². The summed E-state index contributed by atoms with van der Waals surface area (Å²) < 4.78 is 9.81. The van der Waals surface area contributed by atoms with Gasteiger partial charge in [0.05, 0.1) is 13.7 Å². The molecule has 0 radical (unpaired) electrons. The highest BCUT2D eigenvalue weighted by Gasteiger charge is 2.25. The minimum Gasteiger partial charge on any atom is -0.508 e. The molecule has 3 N–H and O–H groups in total. The topological polar surface area (TPSA) is 105 Å². The first-order valence-corrected chi connectivity index (χ1v) is 7.15. The number of benzene rings is 1. The SMILES string of the molecule is COC(=O)C(Cc1ccc(O)c(CO)c1)NC(=O)OC(C)(C)C. The van der Waals surface area contributed by atoms with Crippen LogP contribution in [0.15, 0.2) is 18.2 Å². The van der Waals surface area contributed by atoms with Crippen molar-refractivity contribution in [1.29, 1.82) is 0 Å². The molecule has 23 heavy (non-hydrogen) atoms. The summed E-state index contributed by atoms with van der Waals surface area (Å²) >= 11 is 0. The molecule has 1 unspecified atom stereocenters. The largest absolute Gasteiger partial charge is 0.508 e. The number of esters is 1. The average Bonchev–Trinajstić information content (AvgIpc) is 2.45. The molecule has 0 spiro atoms. The first-order valence-electron chi connectivity index (χ1n) is 7.15. The number of ether oxygens (including phenoxy) is 2. The highest BCUT2D eigenvalue weighted by atomic mass is 16.6. The van der Waals surface area contributed by atoms with E-state index in [1.807, 2.05) is 0 Å². The van der Waals surface area contributed by atoms with Crippen molar-refractivity contribution in [3.63, 3.8) is 0 Å². The fourth-order valence-electron chi connectivity index (χ4n) is 1.91. The average molecular weight is 325 g/mol. The zero-order valence-corrected chi connectivity index (χ0v) is 13.8. The van der Waals surface area contributed by atoms with E-state index >= 15 is 0 Å². The van der Waals surface area contributed by atoms with Crippen LogP contribution in [0.3, 0.4) is 0 Å². The Morgan fingerprint density at radius 3 is 2.48 bits per heavy atom. The van der Waals surface area contributed by atoms with Gasteiger partial charge in [-0.1, -0.05) is 6.07 Å². The fourth-order valence-corrected chi connectivity index (χ4v) is 1.91. The van der Waals surface area contributed by atoms with E-state index in [-0.39, 0.29) is 18.8 Å². The standard InChI is InChI=1S/C16H23NO6/c1-16(2,3)23-15(21)17-12(14(20)22-4)8-10-5-6-13(19)11(7-10)9-18/h5-7,12,18-19H,8-9H2,1-4H3,(H,17,21). The van der Waals surface area contributed by atoms with E-state index in [1.54, 1.807) is 32.9 Å². The summed E-state index contributed by atoms with van der Waals surface area (Å²) in [7, 11) is 1.22. The Balaban J connectivity index is 2.87. The second-order valence-corrected chi connectivity index (χ2v) is 6.05. The number of rotatable bonds is 5. The Morgan fingerprint density at radius 2 is 1.96 bits per heavy atom. The summed E-state index contributed by atoms with van der Waals surface area (Å²) in [4.78, 5) is 23.7. The van der Waals surface area contributed by atoms with Crippen molar-refractivity contribution in [1.82, 2.24) is 5.32 Å². The van der Waals surface area contributed by atoms with Crippen LogP contribution in [0.4, 0.5) is 4.79 Å². The number of aromatic hydroxyl groups is 1. The molecule has 0 aliphatic carbocycles. The quantitative estimate of drug-likeness (QED) is 0.709. The first-order chi connectivity index (χ1) is 10.7. The Hall–Kier alpha value is -2.28. The third kappa shape index (κ3) is 6.15. The highest BCUT2D eigenvalue weighted by Crippen LogP contribution is 2.19. The zero-order valence-electron chi connectivity index (χ0n) is 13.8. The molecule has 7 nitrogen and oxygen atoms in total. The van der Waals surface area contributed by atoms with Gasteiger partial charge in [-0.15, -0.1) is 0 Å². The normalized spacial score (nSPS) is 12.4. The molecule has 0 saturated heterocycles. The predicted octanol–water partition coefficient (Wildman–Crippen LogP) is 1.49. The van der Waals surface area contributed by atoms with Gasteiger partial charge in [0.2, 0.25) is 0 Å². The Bertz CT molecular complexity index is 564. The van der Waals surface area contributed by atoms with E-state index in [4.69, 9.17) is 9.84 Å². The van der Waals surface area contributed by atoms with Crippen molar-refractivity contribution in [3.8, 4) is 5.75 Å². The van der Waals surface area contributed by atoms with E-state index in [1.165, 1.54) is 13.2 Å². The Kier molecular flexibility index (Phi) is 6.38. The summed E-state index contributed by atoms with van der Waals surface area (Å²) in [5.74, 6) is -0.652. The van der Waals surface area contributed by atoms with Gasteiger partial charge in [-0.25, -0.2) is 9.59 Å². The van der Waals surface area contributed by atoms with E-state index in [9.17, 15) is 14.7 Å². The van der Waals surface area contributed by atoms with Crippen molar-refractivity contribution in [3.05, 3.63) is 29.3 Å². The number of amides is 1. The lowest BCUT2D eigenvalue weighted by molar-refractivity contribution is -0.143. The molecule has 1 aromatic carbocycles. The number of carbonyl (C=O) groups excluding carboxylic acids is 2. The summed E-state index contributed by atoms with van der Waals surface area (Å²) in [5.41, 5.74) is 0.301. The molecule has 1 rings (SSSR count). The molecule has 0 saturated carbocycles. The smallest absolute Gasteiger partial charge is 0.408 e. The number of methoxy groups -OCH3 is 1. The molecule has 0 aromatic heterocycles. The summed E-state index contributed by atoms with van der Waals surface area (Å²) in [6, 6.07) is 3.64. The van der Waals surface area contributed by atoms with Crippen molar-refractivity contribution in [2.75, 3.05) is 7.11 Å². The van der Waals surface area contributed by atoms with Crippen LogP contribution < -0.4 is 5.32 Å². The first kappa shape index (κ1) is 18.8. The summed E-state index contributed by atoms with van der Waals surface area (Å²) in [5, 5.41) is 21.2. The molecular formula is C16H23NO6. The lowest BCUT2D eigenvalue weighted by atomic mass is 10.0. The van der Waals surface area contributed by atoms with Crippen LogP contribution in [0.25, 0.3) is 0 Å². The van der Waals surface area contributed by atoms with Crippen LogP contribution in [0.2, 0.25) is 0 Å². The van der Waals surface area contributed by atoms with Crippen LogP contribution in [0.1, 0.15) is 31.9 Å². The zero-order chi connectivity index (χ0) is 17.6. The predicted molar refractivity (Wildman–Crippen MR) is 82.9 cm³/mol. The van der Waals surface area contributed by atoms with Gasteiger partial charge in [-0.2, -0.15) is 0 Å². The molecule has 0 fully saturated rings. The van der Waals surface area contributed by atoms with Gasteiger partial charge >= 0.3 is 12.1 Å². The number of phenols is 1. The molecule has 128 valence electrons. The number of aliphatic hydroxyl groups excluding tert-OH is 1. The molecule has 7 heteroatoms. The number of alkyl carbamates (subject to hydrolysis) is 1. The minimum absolute atomic E-state index is 0.0361. The number of carbonyl (C=O) groups is 2. The van der Waals surface area contributed by atoms with E-state index in [2.05, 4.69) is 10.1 Å². The van der Waals surface area contributed by atoms with Crippen molar-refractivity contribution in [2.24, 2.45) is 0 Å². The van der Waals surface area contributed by atoms with Crippen LogP contribution in [0.5, 0.6) is 5.75 Å². The second-order valence-electron chi connectivity index (χ2n) is 6.05. The third-order valence-corrected chi connectivity index (χ3v) is 2.93. The van der Waals surface area contributed by atoms with Gasteiger partial charge < -0.3 is 25.0 Å². The molecule has 1 aromatic rings. The van der Waals surface area contributed by atoms with Crippen molar-refractivity contribution in [2.45, 2.75) is 45.4 Å². The van der Waals surface area contributed by atoms with Crippen molar-refractivity contribution < 1.29 is 29.3 Å².